The number of carbonyl (C=O) groups excluding carboxylic acids is 2. The molecule has 0 aliphatic carbocycles. The number of ketones is 1. The predicted octanol–water partition coefficient (Wildman–Crippen LogP) is 3.45. The SMILES string of the molecule is O=C(CCC(=O)c1ccc(Br)cc1)NC1CCS(=O)(=O)c2ccccc21. The van der Waals surface area contributed by atoms with Gasteiger partial charge >= 0.3 is 0 Å². The first-order valence-corrected chi connectivity index (χ1v) is 10.7. The molecule has 1 N–H and O–H groups in total. The number of fused-ring (bicyclic) bond motifs is 1. The smallest absolute Gasteiger partial charge is 0.220 e. The number of sulfone groups is 1. The number of rotatable bonds is 5. The second-order valence-electron chi connectivity index (χ2n) is 6.20. The first-order chi connectivity index (χ1) is 12.4. The first-order valence-electron chi connectivity index (χ1n) is 8.26. The molecule has 0 radical (unpaired) electrons. The third kappa shape index (κ3) is 4.22. The number of carbonyl (C=O) groups is 2. The Bertz CT molecular complexity index is 938. The first kappa shape index (κ1) is 18.8. The van der Waals surface area contributed by atoms with E-state index in [1.165, 1.54) is 0 Å². The van der Waals surface area contributed by atoms with Crippen molar-refractivity contribution in [2.45, 2.75) is 30.2 Å². The van der Waals surface area contributed by atoms with Gasteiger partial charge in [0.25, 0.3) is 0 Å². The molecule has 1 aliphatic rings. The topological polar surface area (TPSA) is 80.3 Å². The van der Waals surface area contributed by atoms with E-state index in [-0.39, 0.29) is 41.2 Å². The zero-order valence-electron chi connectivity index (χ0n) is 13.9. The minimum Gasteiger partial charge on any atom is -0.349 e. The molecule has 136 valence electrons. The molecule has 1 atom stereocenters. The third-order valence-corrected chi connectivity index (χ3v) is 6.73. The van der Waals surface area contributed by atoms with Crippen LogP contribution in [0.25, 0.3) is 0 Å². The lowest BCUT2D eigenvalue weighted by atomic mass is 10.0. The van der Waals surface area contributed by atoms with E-state index in [0.29, 0.717) is 17.5 Å². The van der Waals surface area contributed by atoms with Gasteiger partial charge in [-0.1, -0.05) is 46.3 Å². The van der Waals surface area contributed by atoms with Gasteiger partial charge in [-0.25, -0.2) is 8.42 Å². The number of Topliss-reactive ketones (excluding diaryl/α,β-unsaturated/α-hetero) is 1. The molecular weight excluding hydrogens is 418 g/mol. The van der Waals surface area contributed by atoms with Crippen molar-refractivity contribution in [1.82, 2.24) is 5.32 Å². The van der Waals surface area contributed by atoms with Gasteiger partial charge in [0.1, 0.15) is 0 Å². The van der Waals surface area contributed by atoms with E-state index in [1.54, 1.807) is 48.5 Å². The number of hydrogen-bond acceptors (Lipinski definition) is 4. The molecule has 0 bridgehead atoms. The van der Waals surface area contributed by atoms with Gasteiger partial charge in [0.2, 0.25) is 5.91 Å². The average Bonchev–Trinajstić information content (AvgIpc) is 2.63. The molecule has 3 rings (SSSR count). The van der Waals surface area contributed by atoms with Crippen molar-refractivity contribution in [3.8, 4) is 0 Å². The van der Waals surface area contributed by atoms with Crippen molar-refractivity contribution in [3.63, 3.8) is 0 Å². The maximum absolute atomic E-state index is 12.3. The van der Waals surface area contributed by atoms with Crippen molar-refractivity contribution in [1.29, 1.82) is 0 Å². The molecule has 26 heavy (non-hydrogen) atoms. The summed E-state index contributed by atoms with van der Waals surface area (Å²) in [6, 6.07) is 13.4. The Morgan fingerprint density at radius 2 is 1.73 bits per heavy atom. The van der Waals surface area contributed by atoms with Crippen LogP contribution in [-0.4, -0.2) is 25.9 Å². The molecule has 1 amide bonds. The summed E-state index contributed by atoms with van der Waals surface area (Å²) in [5.41, 5.74) is 1.18. The lowest BCUT2D eigenvalue weighted by Crippen LogP contribution is -2.34. The maximum Gasteiger partial charge on any atom is 0.220 e. The normalized spacial score (nSPS) is 18.0. The highest BCUT2D eigenvalue weighted by Crippen LogP contribution is 2.31. The largest absolute Gasteiger partial charge is 0.349 e. The summed E-state index contributed by atoms with van der Waals surface area (Å²) in [5.74, 6) is -0.346. The van der Waals surface area contributed by atoms with Gasteiger partial charge in [0, 0.05) is 22.9 Å². The van der Waals surface area contributed by atoms with Gasteiger partial charge < -0.3 is 5.32 Å². The van der Waals surface area contributed by atoms with Crippen molar-refractivity contribution in [2.24, 2.45) is 0 Å². The van der Waals surface area contributed by atoms with Gasteiger partial charge in [-0.2, -0.15) is 0 Å². The van der Waals surface area contributed by atoms with Gasteiger partial charge in [-0.3, -0.25) is 9.59 Å². The Balaban J connectivity index is 1.62. The quantitative estimate of drug-likeness (QED) is 0.729. The summed E-state index contributed by atoms with van der Waals surface area (Å²) in [6.45, 7) is 0. The predicted molar refractivity (Wildman–Crippen MR) is 102 cm³/mol. The van der Waals surface area contributed by atoms with E-state index in [0.717, 1.165) is 4.47 Å². The van der Waals surface area contributed by atoms with Crippen molar-refractivity contribution in [2.75, 3.05) is 5.75 Å². The lowest BCUT2D eigenvalue weighted by molar-refractivity contribution is -0.121. The summed E-state index contributed by atoms with van der Waals surface area (Å²) in [6.07, 6.45) is 0.520. The average molecular weight is 436 g/mol. The molecular formula is C19H18BrNO4S. The Hall–Kier alpha value is -1.99. The minimum absolute atomic E-state index is 0.00673. The molecule has 0 saturated carbocycles. The number of benzene rings is 2. The van der Waals surface area contributed by atoms with Crippen LogP contribution in [0, 0.1) is 0 Å². The summed E-state index contributed by atoms with van der Waals surface area (Å²) in [5, 5.41) is 2.87. The molecule has 5 nitrogen and oxygen atoms in total. The van der Waals surface area contributed by atoms with Crippen LogP contribution in [-0.2, 0) is 14.6 Å². The molecule has 0 aromatic heterocycles. The molecule has 0 spiro atoms. The van der Waals surface area contributed by atoms with Gasteiger partial charge in [0.05, 0.1) is 16.7 Å². The highest BCUT2D eigenvalue weighted by atomic mass is 79.9. The Labute approximate surface area is 160 Å². The number of nitrogens with one attached hydrogen (secondary N) is 1. The number of halogens is 1. The molecule has 0 saturated heterocycles. The zero-order valence-corrected chi connectivity index (χ0v) is 16.3. The van der Waals surface area contributed by atoms with Crippen LogP contribution < -0.4 is 5.32 Å². The fourth-order valence-corrected chi connectivity index (χ4v) is 4.90. The van der Waals surface area contributed by atoms with E-state index in [1.807, 2.05) is 0 Å². The standard InChI is InChI=1S/C19H18BrNO4S/c20-14-7-5-13(6-8-14)17(22)9-10-19(23)21-16-11-12-26(24,25)18-4-2-1-3-15(16)18/h1-8,16H,9-12H2,(H,21,23). The highest BCUT2D eigenvalue weighted by Gasteiger charge is 2.30. The molecule has 1 heterocycles. The fraction of sp³-hybridized carbons (Fsp3) is 0.263. The molecule has 0 fully saturated rings. The van der Waals surface area contributed by atoms with Crippen molar-refractivity contribution < 1.29 is 18.0 Å². The van der Waals surface area contributed by atoms with Gasteiger partial charge in [-0.15, -0.1) is 0 Å². The molecule has 7 heteroatoms. The summed E-state index contributed by atoms with van der Waals surface area (Å²) < 4.78 is 25.2. The number of amides is 1. The minimum atomic E-state index is -3.29. The van der Waals surface area contributed by atoms with E-state index in [9.17, 15) is 18.0 Å². The second kappa shape index (κ2) is 7.72. The van der Waals surface area contributed by atoms with E-state index >= 15 is 0 Å². The van der Waals surface area contributed by atoms with E-state index < -0.39 is 9.84 Å². The maximum atomic E-state index is 12.3. The van der Waals surface area contributed by atoms with Crippen LogP contribution in [0.3, 0.4) is 0 Å². The van der Waals surface area contributed by atoms with Crippen molar-refractivity contribution in [3.05, 3.63) is 64.1 Å². The summed E-state index contributed by atoms with van der Waals surface area (Å²) in [7, 11) is -3.29. The molecule has 1 unspecified atom stereocenters. The zero-order chi connectivity index (χ0) is 18.7. The van der Waals surface area contributed by atoms with Gasteiger partial charge in [0.15, 0.2) is 15.6 Å². The molecule has 2 aromatic carbocycles. The lowest BCUT2D eigenvalue weighted by Gasteiger charge is -2.26. The van der Waals surface area contributed by atoms with Crippen LogP contribution in [0.15, 0.2) is 57.9 Å². The fourth-order valence-electron chi connectivity index (χ4n) is 3.01. The van der Waals surface area contributed by atoms with Crippen molar-refractivity contribution >= 4 is 37.5 Å². The monoisotopic (exact) mass is 435 g/mol. The number of hydrogen-bond donors (Lipinski definition) is 1. The van der Waals surface area contributed by atoms with Crippen LogP contribution in [0.2, 0.25) is 0 Å². The van der Waals surface area contributed by atoms with Crippen LogP contribution in [0.5, 0.6) is 0 Å². The van der Waals surface area contributed by atoms with E-state index in [2.05, 4.69) is 21.2 Å². The molecule has 2 aromatic rings. The van der Waals surface area contributed by atoms with Crippen LogP contribution >= 0.6 is 15.9 Å². The Kier molecular flexibility index (Phi) is 5.58. The van der Waals surface area contributed by atoms with E-state index in [4.69, 9.17) is 0 Å². The second-order valence-corrected chi connectivity index (χ2v) is 9.19. The summed E-state index contributed by atoms with van der Waals surface area (Å²) >= 11 is 3.32. The summed E-state index contributed by atoms with van der Waals surface area (Å²) in [4.78, 5) is 24.7. The van der Waals surface area contributed by atoms with Crippen LogP contribution in [0.4, 0.5) is 0 Å². The highest BCUT2D eigenvalue weighted by molar-refractivity contribution is 9.10. The van der Waals surface area contributed by atoms with Gasteiger partial charge in [-0.05, 0) is 30.2 Å². The Morgan fingerprint density at radius 1 is 1.04 bits per heavy atom. The Morgan fingerprint density at radius 3 is 2.46 bits per heavy atom. The third-order valence-electron chi connectivity index (χ3n) is 4.39. The van der Waals surface area contributed by atoms with Crippen LogP contribution in [0.1, 0.15) is 41.2 Å². The molecule has 1 aliphatic heterocycles.